The number of nitrogens with one attached hydrogen (secondary N) is 3. The van der Waals surface area contributed by atoms with Crippen molar-refractivity contribution < 1.29 is 14.7 Å². The van der Waals surface area contributed by atoms with Gasteiger partial charge in [-0.3, -0.25) is 9.59 Å². The minimum absolute atomic E-state index is 0.105. The third kappa shape index (κ3) is 5.71. The predicted molar refractivity (Wildman–Crippen MR) is 90.1 cm³/mol. The zero-order valence-electron chi connectivity index (χ0n) is 14.2. The van der Waals surface area contributed by atoms with Gasteiger partial charge in [0.25, 0.3) is 5.91 Å². The number of carbonyl (C=O) groups is 2. The smallest absolute Gasteiger partial charge is 0.268 e. The Morgan fingerprint density at radius 2 is 1.91 bits per heavy atom. The lowest BCUT2D eigenvalue weighted by atomic mass is 9.80. The average Bonchev–Trinajstić information content (AvgIpc) is 3.09. The second-order valence-corrected chi connectivity index (χ2v) is 5.87. The summed E-state index contributed by atoms with van der Waals surface area (Å²) >= 11 is 0. The van der Waals surface area contributed by atoms with E-state index in [1.807, 2.05) is 0 Å². The second-order valence-electron chi connectivity index (χ2n) is 5.87. The molecular weight excluding hydrogens is 294 g/mol. The Balaban J connectivity index is 0.000000816. The molecule has 23 heavy (non-hydrogen) atoms. The van der Waals surface area contributed by atoms with Crippen LogP contribution in [0.5, 0.6) is 0 Å². The number of aromatic nitrogens is 1. The number of hydrogen-bond donors (Lipinski definition) is 4. The number of rotatable bonds is 5. The Hall–Kier alpha value is -1.82. The number of aliphatic hydroxyl groups excluding tert-OH is 1. The number of hydrogen-bond acceptors (Lipinski definition) is 3. The van der Waals surface area contributed by atoms with Crippen molar-refractivity contribution in [3.05, 3.63) is 24.0 Å². The molecule has 0 aromatic carbocycles. The molecule has 0 aliphatic heterocycles. The summed E-state index contributed by atoms with van der Waals surface area (Å²) in [5, 5.41) is 14.4. The summed E-state index contributed by atoms with van der Waals surface area (Å²) in [7, 11) is 0. The molecule has 130 valence electrons. The average molecular weight is 323 g/mol. The number of amides is 2. The Kier molecular flexibility index (Phi) is 8.40. The fourth-order valence-electron chi connectivity index (χ4n) is 2.66. The predicted octanol–water partition coefficient (Wildman–Crippen LogP) is 1.97. The number of carbonyl (C=O) groups excluding carboxylic acids is 2. The van der Waals surface area contributed by atoms with Crippen LogP contribution in [0.3, 0.4) is 0 Å². The van der Waals surface area contributed by atoms with E-state index in [-0.39, 0.29) is 25.0 Å². The maximum atomic E-state index is 12.3. The Morgan fingerprint density at radius 3 is 2.43 bits per heavy atom. The van der Waals surface area contributed by atoms with Crippen LogP contribution >= 0.6 is 0 Å². The fraction of sp³-hybridized carbons (Fsp3) is 0.647. The number of aliphatic hydroxyl groups is 1. The molecule has 2 rings (SSSR count). The molecule has 1 fully saturated rings. The van der Waals surface area contributed by atoms with Crippen molar-refractivity contribution in [2.75, 3.05) is 13.2 Å². The van der Waals surface area contributed by atoms with Crippen molar-refractivity contribution in [1.82, 2.24) is 15.6 Å². The van der Waals surface area contributed by atoms with Crippen molar-refractivity contribution in [2.45, 2.75) is 57.9 Å². The topological polar surface area (TPSA) is 94.2 Å². The number of aromatic amines is 1. The van der Waals surface area contributed by atoms with E-state index in [4.69, 9.17) is 5.11 Å². The van der Waals surface area contributed by atoms with Gasteiger partial charge in [-0.2, -0.15) is 0 Å². The summed E-state index contributed by atoms with van der Waals surface area (Å²) in [6.07, 6.45) is 7.10. The second kappa shape index (κ2) is 10.0. The van der Waals surface area contributed by atoms with Crippen LogP contribution in [0.2, 0.25) is 0 Å². The highest BCUT2D eigenvalue weighted by Gasteiger charge is 2.40. The molecule has 1 aliphatic carbocycles. The summed E-state index contributed by atoms with van der Waals surface area (Å²) in [5.41, 5.74) is -0.403. The van der Waals surface area contributed by atoms with Crippen molar-refractivity contribution in [3.63, 3.8) is 0 Å². The van der Waals surface area contributed by atoms with Gasteiger partial charge in [-0.15, -0.1) is 0 Å². The zero-order chi connectivity index (χ0) is 17.1. The Labute approximate surface area is 138 Å². The molecule has 0 saturated heterocycles. The van der Waals surface area contributed by atoms with Crippen molar-refractivity contribution in [3.8, 4) is 0 Å². The third-order valence-corrected chi connectivity index (χ3v) is 3.73. The molecule has 1 aliphatic rings. The van der Waals surface area contributed by atoms with Gasteiger partial charge < -0.3 is 20.7 Å². The molecule has 2 amide bonds. The monoisotopic (exact) mass is 323 g/mol. The van der Waals surface area contributed by atoms with Crippen LogP contribution in [0.4, 0.5) is 0 Å². The van der Waals surface area contributed by atoms with Gasteiger partial charge in [0.15, 0.2) is 0 Å². The maximum absolute atomic E-state index is 12.3. The first kappa shape index (κ1) is 19.2. The Bertz CT molecular complexity index is 465. The van der Waals surface area contributed by atoms with Gasteiger partial charge in [-0.25, -0.2) is 0 Å². The lowest BCUT2D eigenvalue weighted by Gasteiger charge is -2.36. The van der Waals surface area contributed by atoms with E-state index in [0.29, 0.717) is 18.5 Å². The van der Waals surface area contributed by atoms with Crippen LogP contribution in [0.1, 0.15) is 62.9 Å². The zero-order valence-corrected chi connectivity index (χ0v) is 14.2. The molecule has 0 radical (unpaired) electrons. The third-order valence-electron chi connectivity index (χ3n) is 3.73. The molecule has 1 saturated carbocycles. The highest BCUT2D eigenvalue weighted by molar-refractivity contribution is 5.98. The molecule has 6 heteroatoms. The van der Waals surface area contributed by atoms with Crippen molar-refractivity contribution in [1.29, 1.82) is 0 Å². The van der Waals surface area contributed by atoms with E-state index >= 15 is 0 Å². The summed E-state index contributed by atoms with van der Waals surface area (Å²) in [6.45, 7) is 4.35. The SMILES string of the molecule is CCC.O=C(NC1(C(=O)NCCO)CCCCC1)c1ccc[nH]1. The maximum Gasteiger partial charge on any atom is 0.268 e. The molecule has 0 atom stereocenters. The molecule has 0 spiro atoms. The normalized spacial score (nSPS) is 16.0. The Morgan fingerprint density at radius 1 is 1.26 bits per heavy atom. The standard InChI is InChI=1S/C14H21N3O3.C3H8/c18-10-9-16-13(20)14(6-2-1-3-7-14)17-12(19)11-5-4-8-15-11;1-3-2/h4-5,8,15,18H,1-3,6-7,9-10H2,(H,16,20)(H,17,19);3H2,1-2H3. The van der Waals surface area contributed by atoms with Gasteiger partial charge in [-0.05, 0) is 25.0 Å². The molecule has 0 unspecified atom stereocenters. The van der Waals surface area contributed by atoms with E-state index in [9.17, 15) is 9.59 Å². The molecule has 1 aromatic heterocycles. The van der Waals surface area contributed by atoms with Crippen LogP contribution < -0.4 is 10.6 Å². The van der Waals surface area contributed by atoms with Gasteiger partial charge >= 0.3 is 0 Å². The first-order valence-electron chi connectivity index (χ1n) is 8.44. The van der Waals surface area contributed by atoms with Gasteiger partial charge in [0.2, 0.25) is 5.91 Å². The summed E-state index contributed by atoms with van der Waals surface area (Å²) in [6, 6.07) is 3.42. The molecule has 0 bridgehead atoms. The molecular formula is C17H29N3O3. The minimum atomic E-state index is -0.852. The van der Waals surface area contributed by atoms with Crippen LogP contribution in [0.25, 0.3) is 0 Å². The molecule has 1 aromatic rings. The molecule has 1 heterocycles. The molecule has 6 nitrogen and oxygen atoms in total. The summed E-state index contributed by atoms with van der Waals surface area (Å²) < 4.78 is 0. The summed E-state index contributed by atoms with van der Waals surface area (Å²) in [4.78, 5) is 27.4. The van der Waals surface area contributed by atoms with Gasteiger partial charge in [0.1, 0.15) is 11.2 Å². The van der Waals surface area contributed by atoms with Crippen LogP contribution in [0, 0.1) is 0 Å². The van der Waals surface area contributed by atoms with E-state index < -0.39 is 5.54 Å². The van der Waals surface area contributed by atoms with Gasteiger partial charge in [0, 0.05) is 12.7 Å². The van der Waals surface area contributed by atoms with Crippen molar-refractivity contribution >= 4 is 11.8 Å². The highest BCUT2D eigenvalue weighted by atomic mass is 16.3. The quantitative estimate of drug-likeness (QED) is 0.667. The lowest BCUT2D eigenvalue weighted by molar-refractivity contribution is -0.128. The van der Waals surface area contributed by atoms with E-state index in [2.05, 4.69) is 29.5 Å². The minimum Gasteiger partial charge on any atom is -0.395 e. The first-order valence-corrected chi connectivity index (χ1v) is 8.44. The largest absolute Gasteiger partial charge is 0.395 e. The van der Waals surface area contributed by atoms with E-state index in [1.165, 1.54) is 6.42 Å². The summed E-state index contributed by atoms with van der Waals surface area (Å²) in [5.74, 6) is -0.470. The van der Waals surface area contributed by atoms with Gasteiger partial charge in [0.05, 0.1) is 6.61 Å². The fourth-order valence-corrected chi connectivity index (χ4v) is 2.66. The van der Waals surface area contributed by atoms with Crippen LogP contribution in [-0.4, -0.2) is 40.6 Å². The van der Waals surface area contributed by atoms with Crippen LogP contribution in [0.15, 0.2) is 18.3 Å². The van der Waals surface area contributed by atoms with Gasteiger partial charge in [-0.1, -0.05) is 39.5 Å². The van der Waals surface area contributed by atoms with E-state index in [1.54, 1.807) is 18.3 Å². The van der Waals surface area contributed by atoms with Crippen LogP contribution in [-0.2, 0) is 4.79 Å². The van der Waals surface area contributed by atoms with E-state index in [0.717, 1.165) is 19.3 Å². The first-order chi connectivity index (χ1) is 11.1. The molecule has 4 N–H and O–H groups in total. The highest BCUT2D eigenvalue weighted by Crippen LogP contribution is 2.28. The lowest BCUT2D eigenvalue weighted by Crippen LogP contribution is -2.60. The number of H-pyrrole nitrogens is 1. The van der Waals surface area contributed by atoms with Crippen molar-refractivity contribution in [2.24, 2.45) is 0 Å².